The summed E-state index contributed by atoms with van der Waals surface area (Å²) in [5.41, 5.74) is 3.46. The van der Waals surface area contributed by atoms with Crippen molar-refractivity contribution < 1.29 is 0 Å². The lowest BCUT2D eigenvalue weighted by molar-refractivity contribution is 0.793. The quantitative estimate of drug-likeness (QED) is 0.826. The van der Waals surface area contributed by atoms with Crippen LogP contribution in [0.1, 0.15) is 12.0 Å². The molecule has 1 unspecified atom stereocenters. The van der Waals surface area contributed by atoms with Crippen molar-refractivity contribution in [3.8, 4) is 0 Å². The first-order chi connectivity index (χ1) is 8.31. The van der Waals surface area contributed by atoms with Crippen molar-refractivity contribution in [3.63, 3.8) is 0 Å². The molecule has 88 valence electrons. The number of aromatic nitrogens is 1. The van der Waals surface area contributed by atoms with E-state index < -0.39 is 0 Å². The van der Waals surface area contributed by atoms with Crippen molar-refractivity contribution in [2.24, 2.45) is 0 Å². The molecule has 2 heterocycles. The fourth-order valence-electron chi connectivity index (χ4n) is 2.34. The maximum atomic E-state index is 4.41. The minimum atomic E-state index is 0.560. The van der Waals surface area contributed by atoms with Gasteiger partial charge in [0, 0.05) is 29.9 Å². The Morgan fingerprint density at radius 3 is 3.12 bits per heavy atom. The Labute approximate surface area is 101 Å². The molecule has 1 atom stereocenters. The highest BCUT2D eigenvalue weighted by molar-refractivity contribution is 5.82. The van der Waals surface area contributed by atoms with Gasteiger partial charge in [0.25, 0.3) is 0 Å². The molecule has 2 N–H and O–H groups in total. The fraction of sp³-hybridized carbons (Fsp3) is 0.357. The van der Waals surface area contributed by atoms with Crippen molar-refractivity contribution in [1.29, 1.82) is 0 Å². The van der Waals surface area contributed by atoms with Crippen LogP contribution in [0, 0.1) is 6.92 Å². The molecule has 1 fully saturated rings. The number of rotatable bonds is 2. The van der Waals surface area contributed by atoms with Gasteiger partial charge in [0.2, 0.25) is 0 Å². The van der Waals surface area contributed by atoms with E-state index in [0.29, 0.717) is 6.04 Å². The summed E-state index contributed by atoms with van der Waals surface area (Å²) in [5, 5.41) is 8.14. The maximum absolute atomic E-state index is 4.41. The SMILES string of the molecule is Cc1cnc2ccc(NC3CCNC3)cc2c1. The Morgan fingerprint density at radius 1 is 1.35 bits per heavy atom. The smallest absolute Gasteiger partial charge is 0.0703 e. The summed E-state index contributed by atoms with van der Waals surface area (Å²) >= 11 is 0. The molecule has 0 bridgehead atoms. The number of pyridine rings is 1. The predicted molar refractivity (Wildman–Crippen MR) is 71.4 cm³/mol. The van der Waals surface area contributed by atoms with Gasteiger partial charge < -0.3 is 10.6 Å². The maximum Gasteiger partial charge on any atom is 0.0703 e. The zero-order chi connectivity index (χ0) is 11.7. The molecule has 3 heteroatoms. The molecule has 1 saturated heterocycles. The number of anilines is 1. The van der Waals surface area contributed by atoms with Crippen LogP contribution in [-0.4, -0.2) is 24.1 Å². The largest absolute Gasteiger partial charge is 0.381 e. The monoisotopic (exact) mass is 227 g/mol. The van der Waals surface area contributed by atoms with Crippen LogP contribution >= 0.6 is 0 Å². The van der Waals surface area contributed by atoms with Crippen LogP contribution in [0.4, 0.5) is 5.69 Å². The molecule has 0 aliphatic carbocycles. The number of benzene rings is 1. The van der Waals surface area contributed by atoms with E-state index in [1.165, 1.54) is 23.1 Å². The summed E-state index contributed by atoms with van der Waals surface area (Å²) < 4.78 is 0. The van der Waals surface area contributed by atoms with Gasteiger partial charge in [-0.3, -0.25) is 4.98 Å². The van der Waals surface area contributed by atoms with Crippen LogP contribution in [0.25, 0.3) is 10.9 Å². The van der Waals surface area contributed by atoms with Gasteiger partial charge in [-0.05, 0) is 49.7 Å². The first kappa shape index (κ1) is 10.5. The van der Waals surface area contributed by atoms with E-state index in [2.05, 4.69) is 46.8 Å². The van der Waals surface area contributed by atoms with Gasteiger partial charge in [0.15, 0.2) is 0 Å². The van der Waals surface area contributed by atoms with Crippen molar-refractivity contribution in [1.82, 2.24) is 10.3 Å². The molecular formula is C14H17N3. The summed E-state index contributed by atoms with van der Waals surface area (Å²) in [6.07, 6.45) is 3.11. The topological polar surface area (TPSA) is 37.0 Å². The molecule has 3 nitrogen and oxygen atoms in total. The van der Waals surface area contributed by atoms with Crippen LogP contribution in [0.2, 0.25) is 0 Å². The third-order valence-corrected chi connectivity index (χ3v) is 3.25. The highest BCUT2D eigenvalue weighted by atomic mass is 15.0. The van der Waals surface area contributed by atoms with Crippen LogP contribution in [0.5, 0.6) is 0 Å². The van der Waals surface area contributed by atoms with E-state index in [9.17, 15) is 0 Å². The summed E-state index contributed by atoms with van der Waals surface area (Å²) in [4.78, 5) is 4.41. The molecule has 0 radical (unpaired) electrons. The van der Waals surface area contributed by atoms with Gasteiger partial charge in [-0.25, -0.2) is 0 Å². The van der Waals surface area contributed by atoms with Crippen molar-refractivity contribution in [3.05, 3.63) is 36.0 Å². The zero-order valence-electron chi connectivity index (χ0n) is 10.0. The molecule has 1 aromatic carbocycles. The summed E-state index contributed by atoms with van der Waals surface area (Å²) in [5.74, 6) is 0. The molecular weight excluding hydrogens is 210 g/mol. The van der Waals surface area contributed by atoms with E-state index in [0.717, 1.165) is 18.6 Å². The Morgan fingerprint density at radius 2 is 2.29 bits per heavy atom. The second-order valence-corrected chi connectivity index (χ2v) is 4.75. The number of nitrogens with one attached hydrogen (secondary N) is 2. The number of hydrogen-bond donors (Lipinski definition) is 2. The molecule has 0 amide bonds. The van der Waals surface area contributed by atoms with E-state index >= 15 is 0 Å². The van der Waals surface area contributed by atoms with Crippen LogP contribution in [0.3, 0.4) is 0 Å². The Bertz CT molecular complexity index is 530. The second kappa shape index (κ2) is 4.34. The van der Waals surface area contributed by atoms with Crippen molar-refractivity contribution in [2.45, 2.75) is 19.4 Å². The standard InChI is InChI=1S/C14H17N3/c1-10-6-11-7-12(2-3-14(11)16-8-10)17-13-4-5-15-9-13/h2-3,6-8,13,15,17H,4-5,9H2,1H3. The second-order valence-electron chi connectivity index (χ2n) is 4.75. The van der Waals surface area contributed by atoms with Gasteiger partial charge in [0.05, 0.1) is 5.52 Å². The Balaban J connectivity index is 1.89. The average Bonchev–Trinajstić information content (AvgIpc) is 2.81. The van der Waals surface area contributed by atoms with Crippen LogP contribution < -0.4 is 10.6 Å². The molecule has 2 aromatic rings. The third-order valence-electron chi connectivity index (χ3n) is 3.25. The molecule has 1 aliphatic heterocycles. The predicted octanol–water partition coefficient (Wildman–Crippen LogP) is 2.32. The minimum Gasteiger partial charge on any atom is -0.381 e. The lowest BCUT2D eigenvalue weighted by Crippen LogP contribution is -2.21. The van der Waals surface area contributed by atoms with Crippen molar-refractivity contribution in [2.75, 3.05) is 18.4 Å². The van der Waals surface area contributed by atoms with E-state index in [1.807, 2.05) is 6.20 Å². The van der Waals surface area contributed by atoms with Gasteiger partial charge in [0.1, 0.15) is 0 Å². The average molecular weight is 227 g/mol. The minimum absolute atomic E-state index is 0.560. The first-order valence-corrected chi connectivity index (χ1v) is 6.15. The lowest BCUT2D eigenvalue weighted by atomic mass is 10.1. The highest BCUT2D eigenvalue weighted by Gasteiger charge is 2.13. The van der Waals surface area contributed by atoms with E-state index in [4.69, 9.17) is 0 Å². The number of nitrogens with zero attached hydrogens (tertiary/aromatic N) is 1. The van der Waals surface area contributed by atoms with Crippen LogP contribution in [-0.2, 0) is 0 Å². The number of aryl methyl sites for hydroxylation is 1. The lowest BCUT2D eigenvalue weighted by Gasteiger charge is -2.13. The fourth-order valence-corrected chi connectivity index (χ4v) is 2.34. The zero-order valence-corrected chi connectivity index (χ0v) is 10.0. The number of hydrogen-bond acceptors (Lipinski definition) is 3. The normalized spacial score (nSPS) is 19.7. The third kappa shape index (κ3) is 2.24. The molecule has 0 saturated carbocycles. The number of fused-ring (bicyclic) bond motifs is 1. The molecule has 3 rings (SSSR count). The molecule has 0 spiro atoms. The van der Waals surface area contributed by atoms with Crippen LogP contribution in [0.15, 0.2) is 30.5 Å². The van der Waals surface area contributed by atoms with Gasteiger partial charge in [-0.15, -0.1) is 0 Å². The van der Waals surface area contributed by atoms with E-state index in [-0.39, 0.29) is 0 Å². The Kier molecular flexibility index (Phi) is 2.69. The summed E-state index contributed by atoms with van der Waals surface area (Å²) in [6.45, 7) is 4.25. The van der Waals surface area contributed by atoms with Crippen molar-refractivity contribution >= 4 is 16.6 Å². The Hall–Kier alpha value is -1.61. The van der Waals surface area contributed by atoms with Gasteiger partial charge in [-0.1, -0.05) is 0 Å². The van der Waals surface area contributed by atoms with Gasteiger partial charge in [-0.2, -0.15) is 0 Å². The first-order valence-electron chi connectivity index (χ1n) is 6.15. The summed E-state index contributed by atoms with van der Waals surface area (Å²) in [7, 11) is 0. The van der Waals surface area contributed by atoms with Gasteiger partial charge >= 0.3 is 0 Å². The highest BCUT2D eigenvalue weighted by Crippen LogP contribution is 2.19. The molecule has 1 aromatic heterocycles. The van der Waals surface area contributed by atoms with E-state index in [1.54, 1.807) is 0 Å². The molecule has 1 aliphatic rings. The summed E-state index contributed by atoms with van der Waals surface area (Å²) in [6, 6.07) is 9.13. The molecule has 17 heavy (non-hydrogen) atoms.